The third-order valence-corrected chi connectivity index (χ3v) is 4.91. The minimum atomic E-state index is -0.0420. The number of hydrogen-bond donors (Lipinski definition) is 1. The molecule has 1 N–H and O–H groups in total. The van der Waals surface area contributed by atoms with Crippen molar-refractivity contribution in [3.8, 4) is 0 Å². The second-order valence-corrected chi connectivity index (χ2v) is 6.76. The molecule has 0 aliphatic carbocycles. The van der Waals surface area contributed by atoms with Gasteiger partial charge in [-0.15, -0.1) is 15.3 Å². The second-order valence-electron chi connectivity index (χ2n) is 4.58. The van der Waals surface area contributed by atoms with Crippen LogP contribution in [0.1, 0.15) is 11.1 Å². The third-order valence-electron chi connectivity index (χ3n) is 2.86. The SMILES string of the molecule is Cc1ccc(C)c(NC(=O)CSc2nn3cnnc3s2)c1. The molecule has 6 nitrogen and oxygen atoms in total. The molecule has 21 heavy (non-hydrogen) atoms. The molecule has 0 saturated carbocycles. The summed E-state index contributed by atoms with van der Waals surface area (Å²) >= 11 is 2.81. The fraction of sp³-hybridized carbons (Fsp3) is 0.231. The lowest BCUT2D eigenvalue weighted by atomic mass is 10.1. The number of amides is 1. The average Bonchev–Trinajstić information content (AvgIpc) is 3.01. The predicted octanol–water partition coefficient (Wildman–Crippen LogP) is 2.53. The molecule has 0 unspecified atom stereocenters. The molecule has 1 amide bonds. The molecule has 0 aliphatic rings. The lowest BCUT2D eigenvalue weighted by Gasteiger charge is -2.08. The van der Waals surface area contributed by atoms with E-state index in [4.69, 9.17) is 0 Å². The van der Waals surface area contributed by atoms with Crippen LogP contribution in [0.4, 0.5) is 5.69 Å². The fourth-order valence-electron chi connectivity index (χ4n) is 1.78. The highest BCUT2D eigenvalue weighted by Crippen LogP contribution is 2.24. The highest BCUT2D eigenvalue weighted by atomic mass is 32.2. The quantitative estimate of drug-likeness (QED) is 0.748. The van der Waals surface area contributed by atoms with Crippen molar-refractivity contribution >= 4 is 39.7 Å². The molecule has 3 aromatic rings. The van der Waals surface area contributed by atoms with Crippen LogP contribution in [0, 0.1) is 13.8 Å². The molecule has 0 fully saturated rings. The summed E-state index contributed by atoms with van der Waals surface area (Å²) in [5.74, 6) is 0.275. The Morgan fingerprint density at radius 3 is 3.10 bits per heavy atom. The minimum absolute atomic E-state index is 0.0420. The van der Waals surface area contributed by atoms with Crippen molar-refractivity contribution in [1.82, 2.24) is 19.8 Å². The first-order valence-electron chi connectivity index (χ1n) is 6.28. The molecule has 1 aromatic carbocycles. The van der Waals surface area contributed by atoms with E-state index in [9.17, 15) is 4.79 Å². The van der Waals surface area contributed by atoms with Crippen LogP contribution in [-0.2, 0) is 4.79 Å². The summed E-state index contributed by atoms with van der Waals surface area (Å²) in [5, 5.41) is 14.9. The van der Waals surface area contributed by atoms with Gasteiger partial charge in [0.25, 0.3) is 0 Å². The van der Waals surface area contributed by atoms with Gasteiger partial charge in [-0.05, 0) is 31.0 Å². The van der Waals surface area contributed by atoms with Gasteiger partial charge in [-0.3, -0.25) is 4.79 Å². The minimum Gasteiger partial charge on any atom is -0.325 e. The molecule has 2 aromatic heterocycles. The van der Waals surface area contributed by atoms with E-state index in [1.807, 2.05) is 32.0 Å². The van der Waals surface area contributed by atoms with Gasteiger partial charge in [0, 0.05) is 5.69 Å². The van der Waals surface area contributed by atoms with E-state index < -0.39 is 0 Å². The van der Waals surface area contributed by atoms with Crippen LogP contribution in [0.15, 0.2) is 28.9 Å². The van der Waals surface area contributed by atoms with Crippen LogP contribution in [-0.4, -0.2) is 31.5 Å². The van der Waals surface area contributed by atoms with Gasteiger partial charge in [0.15, 0.2) is 4.34 Å². The second kappa shape index (κ2) is 5.82. The number of nitrogens with zero attached hydrogens (tertiary/aromatic N) is 4. The molecule has 0 radical (unpaired) electrons. The molecule has 3 rings (SSSR count). The zero-order valence-corrected chi connectivity index (χ0v) is 13.2. The number of carbonyl (C=O) groups excluding carboxylic acids is 1. The van der Waals surface area contributed by atoms with Crippen molar-refractivity contribution in [3.05, 3.63) is 35.7 Å². The average molecular weight is 319 g/mol. The van der Waals surface area contributed by atoms with Crippen LogP contribution in [0.25, 0.3) is 4.96 Å². The van der Waals surface area contributed by atoms with E-state index in [-0.39, 0.29) is 5.91 Å². The van der Waals surface area contributed by atoms with Gasteiger partial charge in [-0.1, -0.05) is 35.2 Å². The first-order chi connectivity index (χ1) is 10.1. The number of fused-ring (bicyclic) bond motifs is 1. The van der Waals surface area contributed by atoms with Crippen LogP contribution in [0.5, 0.6) is 0 Å². The topological polar surface area (TPSA) is 72.2 Å². The zero-order chi connectivity index (χ0) is 14.8. The number of rotatable bonds is 4. The van der Waals surface area contributed by atoms with Crippen molar-refractivity contribution in [3.63, 3.8) is 0 Å². The molecule has 0 atom stereocenters. The van der Waals surface area contributed by atoms with Crippen molar-refractivity contribution < 1.29 is 4.79 Å². The molecular formula is C13H13N5OS2. The molecule has 0 bridgehead atoms. The summed E-state index contributed by atoms with van der Waals surface area (Å²) in [7, 11) is 0. The first-order valence-corrected chi connectivity index (χ1v) is 8.09. The first kappa shape index (κ1) is 14.0. The van der Waals surface area contributed by atoms with Gasteiger partial charge in [-0.2, -0.15) is 4.52 Å². The number of nitrogens with one attached hydrogen (secondary N) is 1. The summed E-state index contributed by atoms with van der Waals surface area (Å²) in [6.45, 7) is 3.98. The fourth-order valence-corrected chi connectivity index (χ4v) is 3.45. The Kier molecular flexibility index (Phi) is 3.89. The van der Waals surface area contributed by atoms with Gasteiger partial charge in [0.2, 0.25) is 10.9 Å². The van der Waals surface area contributed by atoms with E-state index in [1.54, 1.807) is 10.8 Å². The standard InChI is InChI=1S/C13H13N5OS2/c1-8-3-4-9(2)10(5-8)15-11(19)6-20-13-17-18-7-14-16-12(18)21-13/h3-5,7H,6H2,1-2H3,(H,15,19). The van der Waals surface area contributed by atoms with Crippen molar-refractivity contribution in [2.24, 2.45) is 0 Å². The monoisotopic (exact) mass is 319 g/mol. The Morgan fingerprint density at radius 2 is 2.29 bits per heavy atom. The van der Waals surface area contributed by atoms with Crippen LogP contribution >= 0.6 is 23.1 Å². The highest BCUT2D eigenvalue weighted by molar-refractivity contribution is 8.01. The molecule has 0 spiro atoms. The third kappa shape index (κ3) is 3.22. The van der Waals surface area contributed by atoms with Gasteiger partial charge in [0.05, 0.1) is 5.75 Å². The Morgan fingerprint density at radius 1 is 1.43 bits per heavy atom. The normalized spacial score (nSPS) is 11.0. The lowest BCUT2D eigenvalue weighted by Crippen LogP contribution is -2.14. The molecular weight excluding hydrogens is 306 g/mol. The Balaban J connectivity index is 1.61. The van der Waals surface area contributed by atoms with Crippen LogP contribution < -0.4 is 5.32 Å². The lowest BCUT2D eigenvalue weighted by molar-refractivity contribution is -0.113. The number of benzene rings is 1. The van der Waals surface area contributed by atoms with Crippen molar-refractivity contribution in [1.29, 1.82) is 0 Å². The number of anilines is 1. The Labute approximate surface area is 129 Å². The van der Waals surface area contributed by atoms with E-state index >= 15 is 0 Å². The van der Waals surface area contributed by atoms with E-state index in [2.05, 4.69) is 20.6 Å². The number of aryl methyl sites for hydroxylation is 2. The molecule has 0 aliphatic heterocycles. The zero-order valence-electron chi connectivity index (χ0n) is 11.5. The number of carbonyl (C=O) groups is 1. The largest absolute Gasteiger partial charge is 0.325 e. The molecule has 2 heterocycles. The predicted molar refractivity (Wildman–Crippen MR) is 83.9 cm³/mol. The summed E-state index contributed by atoms with van der Waals surface area (Å²) < 4.78 is 2.41. The maximum atomic E-state index is 12.0. The summed E-state index contributed by atoms with van der Waals surface area (Å²) in [4.78, 5) is 12.7. The summed E-state index contributed by atoms with van der Waals surface area (Å²) in [6.07, 6.45) is 1.55. The number of aromatic nitrogens is 4. The van der Waals surface area contributed by atoms with Gasteiger partial charge >= 0.3 is 0 Å². The van der Waals surface area contributed by atoms with Crippen molar-refractivity contribution in [2.75, 3.05) is 11.1 Å². The molecule has 108 valence electrons. The maximum Gasteiger partial charge on any atom is 0.235 e. The van der Waals surface area contributed by atoms with Crippen LogP contribution in [0.2, 0.25) is 0 Å². The Bertz CT molecular complexity index is 766. The van der Waals surface area contributed by atoms with E-state index in [0.29, 0.717) is 5.75 Å². The Hall–Kier alpha value is -1.93. The molecule has 8 heteroatoms. The molecule has 0 saturated heterocycles. The maximum absolute atomic E-state index is 12.0. The van der Waals surface area contributed by atoms with E-state index in [1.165, 1.54) is 23.1 Å². The smallest absolute Gasteiger partial charge is 0.235 e. The number of thioether (sulfide) groups is 1. The summed E-state index contributed by atoms with van der Waals surface area (Å²) in [5.41, 5.74) is 3.04. The summed E-state index contributed by atoms with van der Waals surface area (Å²) in [6, 6.07) is 6.00. The van der Waals surface area contributed by atoms with Crippen LogP contribution in [0.3, 0.4) is 0 Å². The highest BCUT2D eigenvalue weighted by Gasteiger charge is 2.10. The van der Waals surface area contributed by atoms with Gasteiger partial charge in [0.1, 0.15) is 6.33 Å². The van der Waals surface area contributed by atoms with Gasteiger partial charge < -0.3 is 5.32 Å². The van der Waals surface area contributed by atoms with Gasteiger partial charge in [-0.25, -0.2) is 0 Å². The van der Waals surface area contributed by atoms with Crippen molar-refractivity contribution in [2.45, 2.75) is 18.2 Å². The number of hydrogen-bond acceptors (Lipinski definition) is 6. The van der Waals surface area contributed by atoms with E-state index in [0.717, 1.165) is 26.1 Å².